The highest BCUT2D eigenvalue weighted by Crippen LogP contribution is 2.25. The Hall–Kier alpha value is -1.42. The molecule has 3 unspecified atom stereocenters. The van der Waals surface area contributed by atoms with Gasteiger partial charge in [0.1, 0.15) is 5.82 Å². The van der Waals surface area contributed by atoms with Gasteiger partial charge >= 0.3 is 0 Å². The molecule has 2 rings (SSSR count). The third-order valence-corrected chi connectivity index (χ3v) is 3.57. The van der Waals surface area contributed by atoms with Crippen molar-refractivity contribution in [1.29, 1.82) is 0 Å². The molecular formula is C14H19FN2O. The summed E-state index contributed by atoms with van der Waals surface area (Å²) in [6, 6.07) is 6.26. The maximum absolute atomic E-state index is 12.8. The Morgan fingerprint density at radius 2 is 2.06 bits per heavy atom. The fourth-order valence-electron chi connectivity index (χ4n) is 2.42. The van der Waals surface area contributed by atoms with Gasteiger partial charge in [0.25, 0.3) is 0 Å². The number of carbonyl (C=O) groups is 1. The van der Waals surface area contributed by atoms with Crippen molar-refractivity contribution in [1.82, 2.24) is 5.32 Å². The van der Waals surface area contributed by atoms with E-state index in [9.17, 15) is 9.18 Å². The normalized spacial score (nSPS) is 24.8. The minimum atomic E-state index is -0.265. The molecule has 1 aliphatic carbocycles. The molecule has 4 heteroatoms. The zero-order valence-electron chi connectivity index (χ0n) is 10.5. The maximum Gasteiger partial charge on any atom is 0.223 e. The van der Waals surface area contributed by atoms with Crippen LogP contribution in [0.4, 0.5) is 4.39 Å². The lowest BCUT2D eigenvalue weighted by molar-refractivity contribution is -0.125. The fraction of sp³-hybridized carbons (Fsp3) is 0.500. The van der Waals surface area contributed by atoms with Crippen LogP contribution in [0.15, 0.2) is 24.3 Å². The van der Waals surface area contributed by atoms with Gasteiger partial charge in [-0.25, -0.2) is 4.39 Å². The van der Waals surface area contributed by atoms with Crippen LogP contribution in [0.2, 0.25) is 0 Å². The Kier molecular flexibility index (Phi) is 3.97. The highest BCUT2D eigenvalue weighted by Gasteiger charge is 2.28. The van der Waals surface area contributed by atoms with Gasteiger partial charge in [-0.1, -0.05) is 12.1 Å². The van der Waals surface area contributed by atoms with E-state index in [0.29, 0.717) is 0 Å². The molecule has 0 heterocycles. The first kappa shape index (κ1) is 13.0. The largest absolute Gasteiger partial charge is 0.349 e. The first-order valence-corrected chi connectivity index (χ1v) is 6.37. The van der Waals surface area contributed by atoms with Crippen LogP contribution in [0.3, 0.4) is 0 Å². The van der Waals surface area contributed by atoms with Crippen LogP contribution < -0.4 is 11.1 Å². The second-order valence-corrected chi connectivity index (χ2v) is 5.05. The monoisotopic (exact) mass is 250 g/mol. The zero-order chi connectivity index (χ0) is 13.1. The van der Waals surface area contributed by atoms with Crippen LogP contribution in [0.5, 0.6) is 0 Å². The van der Waals surface area contributed by atoms with Crippen molar-refractivity contribution < 1.29 is 9.18 Å². The number of nitrogens with two attached hydrogens (primary N) is 1. The number of carbonyl (C=O) groups excluding carboxylic acids is 1. The molecule has 1 amide bonds. The fourth-order valence-corrected chi connectivity index (χ4v) is 2.42. The van der Waals surface area contributed by atoms with Crippen LogP contribution in [-0.4, -0.2) is 11.9 Å². The molecule has 18 heavy (non-hydrogen) atoms. The Balaban J connectivity index is 1.92. The summed E-state index contributed by atoms with van der Waals surface area (Å²) in [5.41, 5.74) is 6.71. The number of benzene rings is 1. The first-order valence-electron chi connectivity index (χ1n) is 6.37. The van der Waals surface area contributed by atoms with E-state index in [1.54, 1.807) is 12.1 Å². The van der Waals surface area contributed by atoms with Gasteiger partial charge < -0.3 is 11.1 Å². The van der Waals surface area contributed by atoms with Crippen molar-refractivity contribution >= 4 is 5.91 Å². The highest BCUT2D eigenvalue weighted by atomic mass is 19.1. The number of amides is 1. The molecule has 0 aromatic heterocycles. The summed E-state index contributed by atoms with van der Waals surface area (Å²) >= 11 is 0. The van der Waals surface area contributed by atoms with E-state index < -0.39 is 0 Å². The van der Waals surface area contributed by atoms with Gasteiger partial charge in [-0.2, -0.15) is 0 Å². The number of rotatable bonds is 3. The summed E-state index contributed by atoms with van der Waals surface area (Å²) in [6.45, 7) is 1.90. The van der Waals surface area contributed by atoms with E-state index in [-0.39, 0.29) is 29.7 Å². The van der Waals surface area contributed by atoms with Crippen LogP contribution in [-0.2, 0) is 4.79 Å². The summed E-state index contributed by atoms with van der Waals surface area (Å²) in [4.78, 5) is 12.0. The maximum atomic E-state index is 12.8. The molecule has 1 aromatic carbocycles. The van der Waals surface area contributed by atoms with Crippen molar-refractivity contribution in [3.63, 3.8) is 0 Å². The third kappa shape index (κ3) is 3.07. The number of nitrogens with one attached hydrogen (secondary N) is 1. The second kappa shape index (κ2) is 5.48. The first-order chi connectivity index (χ1) is 8.56. The van der Waals surface area contributed by atoms with E-state index >= 15 is 0 Å². The highest BCUT2D eigenvalue weighted by molar-refractivity contribution is 5.79. The lowest BCUT2D eigenvalue weighted by atomic mass is 10.0. The average molecular weight is 250 g/mol. The summed E-state index contributed by atoms with van der Waals surface area (Å²) in [5.74, 6) is -0.179. The summed E-state index contributed by atoms with van der Waals surface area (Å²) in [5, 5.41) is 2.96. The summed E-state index contributed by atoms with van der Waals surface area (Å²) < 4.78 is 12.8. The lowest BCUT2D eigenvalue weighted by Crippen LogP contribution is -2.32. The van der Waals surface area contributed by atoms with Crippen molar-refractivity contribution in [2.45, 2.75) is 38.3 Å². The van der Waals surface area contributed by atoms with Gasteiger partial charge in [0.05, 0.1) is 6.04 Å². The van der Waals surface area contributed by atoms with E-state index in [4.69, 9.17) is 5.73 Å². The van der Waals surface area contributed by atoms with Gasteiger partial charge in [0, 0.05) is 12.0 Å². The predicted octanol–water partition coefficient (Wildman–Crippen LogP) is 2.13. The van der Waals surface area contributed by atoms with Gasteiger partial charge in [-0.3, -0.25) is 4.79 Å². The average Bonchev–Trinajstić information content (AvgIpc) is 2.76. The molecule has 0 spiro atoms. The number of hydrogen-bond acceptors (Lipinski definition) is 2. The van der Waals surface area contributed by atoms with Gasteiger partial charge in [-0.15, -0.1) is 0 Å². The number of hydrogen-bond donors (Lipinski definition) is 2. The molecule has 0 aliphatic heterocycles. The Morgan fingerprint density at radius 1 is 1.39 bits per heavy atom. The molecule has 3 atom stereocenters. The summed E-state index contributed by atoms with van der Waals surface area (Å²) in [7, 11) is 0. The SMILES string of the molecule is CC(NC(=O)C1CCC(N)C1)c1ccc(F)cc1. The molecule has 3 N–H and O–H groups in total. The standard InChI is InChI=1S/C14H19FN2O/c1-9(10-2-5-12(15)6-3-10)17-14(18)11-4-7-13(16)8-11/h2-3,5-6,9,11,13H,4,7-8,16H2,1H3,(H,17,18). The van der Waals surface area contributed by atoms with Crippen LogP contribution >= 0.6 is 0 Å². The molecule has 0 radical (unpaired) electrons. The molecular weight excluding hydrogens is 231 g/mol. The topological polar surface area (TPSA) is 55.1 Å². The Labute approximate surface area is 107 Å². The smallest absolute Gasteiger partial charge is 0.223 e. The van der Waals surface area contributed by atoms with Gasteiger partial charge in [0.2, 0.25) is 5.91 Å². The van der Waals surface area contributed by atoms with E-state index in [0.717, 1.165) is 24.8 Å². The molecule has 98 valence electrons. The quantitative estimate of drug-likeness (QED) is 0.863. The number of halogens is 1. The third-order valence-electron chi connectivity index (χ3n) is 3.57. The van der Waals surface area contributed by atoms with E-state index in [2.05, 4.69) is 5.32 Å². The molecule has 1 aromatic rings. The van der Waals surface area contributed by atoms with E-state index in [1.165, 1.54) is 12.1 Å². The second-order valence-electron chi connectivity index (χ2n) is 5.05. The molecule has 0 saturated heterocycles. The van der Waals surface area contributed by atoms with Gasteiger partial charge in [-0.05, 0) is 43.9 Å². The predicted molar refractivity (Wildman–Crippen MR) is 68.3 cm³/mol. The minimum Gasteiger partial charge on any atom is -0.349 e. The van der Waals surface area contributed by atoms with Gasteiger partial charge in [0.15, 0.2) is 0 Å². The van der Waals surface area contributed by atoms with Crippen molar-refractivity contribution in [3.05, 3.63) is 35.6 Å². The minimum absolute atomic E-state index is 0.0305. The van der Waals surface area contributed by atoms with Crippen LogP contribution in [0.25, 0.3) is 0 Å². The molecule has 3 nitrogen and oxygen atoms in total. The zero-order valence-corrected chi connectivity index (χ0v) is 10.5. The Morgan fingerprint density at radius 3 is 2.61 bits per heavy atom. The van der Waals surface area contributed by atoms with Crippen LogP contribution in [0.1, 0.15) is 37.8 Å². The lowest BCUT2D eigenvalue weighted by Gasteiger charge is -2.17. The molecule has 1 saturated carbocycles. The van der Waals surface area contributed by atoms with Crippen molar-refractivity contribution in [3.8, 4) is 0 Å². The van der Waals surface area contributed by atoms with E-state index in [1.807, 2.05) is 6.92 Å². The molecule has 0 bridgehead atoms. The Bertz CT molecular complexity index is 418. The van der Waals surface area contributed by atoms with Crippen molar-refractivity contribution in [2.24, 2.45) is 11.7 Å². The summed E-state index contributed by atoms with van der Waals surface area (Å²) in [6.07, 6.45) is 2.55. The molecule has 1 aliphatic rings. The molecule has 1 fully saturated rings. The van der Waals surface area contributed by atoms with Crippen LogP contribution in [0, 0.1) is 11.7 Å². The van der Waals surface area contributed by atoms with Crippen molar-refractivity contribution in [2.75, 3.05) is 0 Å².